The third-order valence-electron chi connectivity index (χ3n) is 2.82. The van der Waals surface area contributed by atoms with Gasteiger partial charge in [0.2, 0.25) is 0 Å². The fourth-order valence-corrected chi connectivity index (χ4v) is 2.77. The molecule has 0 atom stereocenters. The van der Waals surface area contributed by atoms with Crippen molar-refractivity contribution in [1.82, 2.24) is 0 Å². The van der Waals surface area contributed by atoms with Crippen LogP contribution in [-0.4, -0.2) is 13.7 Å². The van der Waals surface area contributed by atoms with Gasteiger partial charge in [-0.25, -0.2) is 4.39 Å². The lowest BCUT2D eigenvalue weighted by Gasteiger charge is -2.08. The highest BCUT2D eigenvalue weighted by atomic mass is 32.2. The normalized spacial score (nSPS) is 9.86. The second kappa shape index (κ2) is 7.72. The summed E-state index contributed by atoms with van der Waals surface area (Å²) in [6.07, 6.45) is 0. The van der Waals surface area contributed by atoms with Gasteiger partial charge < -0.3 is 10.5 Å². The molecule has 0 fully saturated rings. The van der Waals surface area contributed by atoms with Crippen LogP contribution in [0.3, 0.4) is 0 Å². The number of ether oxygens (including phenoxy) is 1. The Labute approximate surface area is 128 Å². The van der Waals surface area contributed by atoms with Gasteiger partial charge in [-0.2, -0.15) is 0 Å². The van der Waals surface area contributed by atoms with Gasteiger partial charge in [-0.05, 0) is 29.8 Å². The van der Waals surface area contributed by atoms with E-state index in [2.05, 4.69) is 11.8 Å². The molecule has 2 aromatic carbocycles. The van der Waals surface area contributed by atoms with Crippen molar-refractivity contribution in [1.29, 1.82) is 0 Å². The van der Waals surface area contributed by atoms with Gasteiger partial charge in [-0.15, -0.1) is 11.8 Å². The zero-order chi connectivity index (χ0) is 15.1. The number of thioether (sulfide) groups is 1. The molecule has 0 unspecified atom stereocenters. The molecule has 2 N–H and O–H groups in total. The van der Waals surface area contributed by atoms with Crippen LogP contribution in [-0.2, 0) is 5.75 Å². The molecule has 0 radical (unpaired) electrons. The number of para-hydroxylation sites is 1. The van der Waals surface area contributed by atoms with Crippen LogP contribution in [0.15, 0.2) is 47.4 Å². The van der Waals surface area contributed by atoms with E-state index in [-0.39, 0.29) is 12.4 Å². The summed E-state index contributed by atoms with van der Waals surface area (Å²) in [4.78, 5) is 1.05. The van der Waals surface area contributed by atoms with Gasteiger partial charge in [0.05, 0.1) is 19.2 Å². The molecule has 0 aliphatic rings. The summed E-state index contributed by atoms with van der Waals surface area (Å²) in [7, 11) is 1.65. The Morgan fingerprint density at radius 3 is 2.81 bits per heavy atom. The molecule has 108 valence electrons. The lowest BCUT2D eigenvalue weighted by molar-refractivity contribution is 0.405. The second-order valence-corrected chi connectivity index (χ2v) is 5.28. The number of halogens is 1. The van der Waals surface area contributed by atoms with Crippen LogP contribution in [0.5, 0.6) is 5.75 Å². The molecule has 0 amide bonds. The molecule has 0 aromatic heterocycles. The highest BCUT2D eigenvalue weighted by Crippen LogP contribution is 2.31. The smallest absolute Gasteiger partial charge is 0.138 e. The number of nitrogens with two attached hydrogens (primary N) is 1. The standard InChI is InChI=1S/C17H16FNOS/c1-20-16-6-2-3-7-17(16)21-12-13-8-9-15(18)14(11-13)5-4-10-19/h2-3,6-9,11H,10,12,19H2,1H3. The van der Waals surface area contributed by atoms with Crippen molar-refractivity contribution in [3.05, 3.63) is 59.4 Å². The van der Waals surface area contributed by atoms with Gasteiger partial charge in [0.25, 0.3) is 0 Å². The largest absolute Gasteiger partial charge is 0.496 e. The maximum atomic E-state index is 13.6. The summed E-state index contributed by atoms with van der Waals surface area (Å²) < 4.78 is 18.9. The number of methoxy groups -OCH3 is 1. The summed E-state index contributed by atoms with van der Waals surface area (Å²) >= 11 is 1.64. The molecular formula is C17H16FNOS. The Morgan fingerprint density at radius 2 is 2.05 bits per heavy atom. The maximum Gasteiger partial charge on any atom is 0.138 e. The molecule has 0 aliphatic heterocycles. The second-order valence-electron chi connectivity index (χ2n) is 4.26. The van der Waals surface area contributed by atoms with E-state index < -0.39 is 0 Å². The van der Waals surface area contributed by atoms with Crippen molar-refractivity contribution >= 4 is 11.8 Å². The van der Waals surface area contributed by atoms with E-state index in [1.54, 1.807) is 31.0 Å². The third-order valence-corrected chi connectivity index (χ3v) is 3.95. The minimum Gasteiger partial charge on any atom is -0.496 e. The Balaban J connectivity index is 2.13. The summed E-state index contributed by atoms with van der Waals surface area (Å²) in [6.45, 7) is 0.222. The molecule has 0 saturated heterocycles. The van der Waals surface area contributed by atoms with Crippen LogP contribution in [0.1, 0.15) is 11.1 Å². The van der Waals surface area contributed by atoms with Crippen LogP contribution >= 0.6 is 11.8 Å². The minimum atomic E-state index is -0.318. The van der Waals surface area contributed by atoms with Crippen LogP contribution in [0.4, 0.5) is 4.39 Å². The Bertz CT molecular complexity index is 676. The predicted octanol–water partition coefficient (Wildman–Crippen LogP) is 3.44. The highest BCUT2D eigenvalue weighted by Gasteiger charge is 2.05. The molecule has 0 heterocycles. The molecule has 2 rings (SSSR count). The van der Waals surface area contributed by atoms with E-state index in [0.717, 1.165) is 22.0 Å². The van der Waals surface area contributed by atoms with Crippen molar-refractivity contribution in [2.24, 2.45) is 5.73 Å². The van der Waals surface area contributed by atoms with Crippen LogP contribution in [0.25, 0.3) is 0 Å². The summed E-state index contributed by atoms with van der Waals surface area (Å²) in [5.74, 6) is 6.67. The predicted molar refractivity (Wildman–Crippen MR) is 84.9 cm³/mol. The first kappa shape index (κ1) is 15.4. The third kappa shape index (κ3) is 4.25. The molecule has 21 heavy (non-hydrogen) atoms. The van der Waals surface area contributed by atoms with E-state index in [0.29, 0.717) is 5.56 Å². The first-order chi connectivity index (χ1) is 10.2. The van der Waals surface area contributed by atoms with Crippen LogP contribution in [0.2, 0.25) is 0 Å². The van der Waals surface area contributed by atoms with Crippen molar-refractivity contribution in [2.75, 3.05) is 13.7 Å². The Hall–Kier alpha value is -1.96. The molecule has 2 nitrogen and oxygen atoms in total. The molecule has 2 aromatic rings. The average Bonchev–Trinajstić information content (AvgIpc) is 2.53. The number of hydrogen-bond acceptors (Lipinski definition) is 3. The lowest BCUT2D eigenvalue weighted by Crippen LogP contribution is -1.94. The summed E-state index contributed by atoms with van der Waals surface area (Å²) in [5.41, 5.74) is 6.71. The molecule has 0 spiro atoms. The topological polar surface area (TPSA) is 35.2 Å². The average molecular weight is 301 g/mol. The molecular weight excluding hydrogens is 285 g/mol. The van der Waals surface area contributed by atoms with Crippen LogP contribution < -0.4 is 10.5 Å². The first-order valence-electron chi connectivity index (χ1n) is 6.47. The van der Waals surface area contributed by atoms with Gasteiger partial charge in [-0.3, -0.25) is 0 Å². The maximum absolute atomic E-state index is 13.6. The highest BCUT2D eigenvalue weighted by molar-refractivity contribution is 7.98. The first-order valence-corrected chi connectivity index (χ1v) is 7.46. The summed E-state index contributed by atoms with van der Waals surface area (Å²) in [6, 6.07) is 12.8. The van der Waals surface area contributed by atoms with Gasteiger partial charge >= 0.3 is 0 Å². The zero-order valence-corrected chi connectivity index (χ0v) is 12.5. The molecule has 0 saturated carbocycles. The fraction of sp³-hybridized carbons (Fsp3) is 0.176. The van der Waals surface area contributed by atoms with Crippen molar-refractivity contribution in [2.45, 2.75) is 10.6 Å². The Morgan fingerprint density at radius 1 is 1.24 bits per heavy atom. The van der Waals surface area contributed by atoms with Crippen molar-refractivity contribution < 1.29 is 9.13 Å². The fourth-order valence-electron chi connectivity index (χ4n) is 1.80. The van der Waals surface area contributed by atoms with Gasteiger partial charge in [-0.1, -0.05) is 30.0 Å². The summed E-state index contributed by atoms with van der Waals surface area (Å²) in [5, 5.41) is 0. The zero-order valence-electron chi connectivity index (χ0n) is 11.7. The Kier molecular flexibility index (Phi) is 5.68. The van der Waals surface area contributed by atoms with Gasteiger partial charge in [0.15, 0.2) is 0 Å². The van der Waals surface area contributed by atoms with E-state index >= 15 is 0 Å². The SMILES string of the molecule is COc1ccccc1SCc1ccc(F)c(C#CCN)c1. The minimum absolute atomic E-state index is 0.222. The van der Waals surface area contributed by atoms with Gasteiger partial charge in [0, 0.05) is 10.6 Å². The quantitative estimate of drug-likeness (QED) is 0.694. The van der Waals surface area contributed by atoms with Crippen molar-refractivity contribution in [3.8, 4) is 17.6 Å². The lowest BCUT2D eigenvalue weighted by atomic mass is 10.1. The van der Waals surface area contributed by atoms with Gasteiger partial charge in [0.1, 0.15) is 11.6 Å². The van der Waals surface area contributed by atoms with E-state index in [1.165, 1.54) is 6.07 Å². The number of hydrogen-bond donors (Lipinski definition) is 1. The monoisotopic (exact) mass is 301 g/mol. The number of benzene rings is 2. The molecule has 0 bridgehead atoms. The van der Waals surface area contributed by atoms with E-state index in [9.17, 15) is 4.39 Å². The van der Waals surface area contributed by atoms with E-state index in [1.807, 2.05) is 24.3 Å². The van der Waals surface area contributed by atoms with Crippen LogP contribution in [0, 0.1) is 17.7 Å². The molecule has 4 heteroatoms. The molecule has 0 aliphatic carbocycles. The number of rotatable bonds is 4. The van der Waals surface area contributed by atoms with Crippen molar-refractivity contribution in [3.63, 3.8) is 0 Å². The van der Waals surface area contributed by atoms with E-state index in [4.69, 9.17) is 10.5 Å².